The van der Waals surface area contributed by atoms with Gasteiger partial charge in [0.25, 0.3) is 5.92 Å². The molecule has 8 nitrogen and oxygen atoms in total. The number of methoxy groups -OCH3 is 4. The number of rotatable bonds is 7. The summed E-state index contributed by atoms with van der Waals surface area (Å²) in [7, 11) is 1.05. The normalized spacial score (nSPS) is 10.8. The standard InChI is InChI=1S/C18H19F2O4.Na.H3O4P/c1-21-14-7-5-12(6-8-14)11-18(19,20)13-9-15(22-2)17(24-4)16(10-13)23-3;;1-5(2,3)4/h5-7,9-10H,11H2,1-4H3;;(H3,1,2,3,4)/q-1;+1;. The number of hydrogen-bond acceptors (Lipinski definition) is 5. The van der Waals surface area contributed by atoms with E-state index in [9.17, 15) is 8.78 Å². The maximum absolute atomic E-state index is 14.7. The van der Waals surface area contributed by atoms with Crippen LogP contribution >= 0.6 is 7.82 Å². The molecule has 30 heavy (non-hydrogen) atoms. The number of benzene rings is 2. The summed E-state index contributed by atoms with van der Waals surface area (Å²) in [6.45, 7) is 0. The van der Waals surface area contributed by atoms with Gasteiger partial charge in [-0.25, -0.2) is 13.3 Å². The van der Waals surface area contributed by atoms with Crippen molar-refractivity contribution >= 4 is 7.82 Å². The first-order chi connectivity index (χ1) is 13.4. The van der Waals surface area contributed by atoms with E-state index in [2.05, 4.69) is 6.07 Å². The first kappa shape index (κ1) is 28.6. The molecular weight excluding hydrogens is 436 g/mol. The van der Waals surface area contributed by atoms with Crippen molar-refractivity contribution in [2.75, 3.05) is 28.4 Å². The molecule has 3 N–H and O–H groups in total. The molecule has 0 aromatic heterocycles. The molecule has 0 fully saturated rings. The fourth-order valence-corrected chi connectivity index (χ4v) is 2.33. The Kier molecular flexibility index (Phi) is 11.9. The van der Waals surface area contributed by atoms with Gasteiger partial charge in [0.1, 0.15) is 0 Å². The molecule has 0 heterocycles. The van der Waals surface area contributed by atoms with Gasteiger partial charge in [-0.05, 0) is 18.6 Å². The first-order valence-electron chi connectivity index (χ1n) is 7.96. The molecule has 12 heteroatoms. The topological polar surface area (TPSA) is 115 Å². The average Bonchev–Trinajstić information content (AvgIpc) is 2.65. The summed E-state index contributed by atoms with van der Waals surface area (Å²) in [6.07, 6.45) is -0.480. The van der Waals surface area contributed by atoms with Crippen LogP contribution in [-0.4, -0.2) is 43.1 Å². The van der Waals surface area contributed by atoms with Gasteiger partial charge in [-0.2, -0.15) is 12.1 Å². The molecule has 0 saturated carbocycles. The Labute approximate surface area is 195 Å². The molecule has 0 unspecified atom stereocenters. The van der Waals surface area contributed by atoms with E-state index in [1.165, 1.54) is 46.6 Å². The van der Waals surface area contributed by atoms with Gasteiger partial charge >= 0.3 is 37.4 Å². The largest absolute Gasteiger partial charge is 1.00 e. The van der Waals surface area contributed by atoms with Crippen LogP contribution in [0.4, 0.5) is 8.78 Å². The molecule has 0 spiro atoms. The van der Waals surface area contributed by atoms with E-state index >= 15 is 0 Å². The fourth-order valence-electron chi connectivity index (χ4n) is 2.33. The summed E-state index contributed by atoms with van der Waals surface area (Å²) >= 11 is 0. The van der Waals surface area contributed by atoms with Crippen molar-refractivity contribution in [2.24, 2.45) is 0 Å². The van der Waals surface area contributed by atoms with Gasteiger partial charge in [-0.3, -0.25) is 0 Å². The van der Waals surface area contributed by atoms with E-state index in [4.69, 9.17) is 38.2 Å². The maximum Gasteiger partial charge on any atom is 1.00 e. The molecule has 2 rings (SSSR count). The zero-order valence-electron chi connectivity index (χ0n) is 17.2. The molecular formula is C18H22F2NaO8P. The smallest absolute Gasteiger partial charge is 0.523 e. The minimum absolute atomic E-state index is 0. The summed E-state index contributed by atoms with van der Waals surface area (Å²) in [4.78, 5) is 21.6. The van der Waals surface area contributed by atoms with E-state index < -0.39 is 20.2 Å². The second-order valence-electron chi connectivity index (χ2n) is 5.57. The summed E-state index contributed by atoms with van der Waals surface area (Å²) in [5.41, 5.74) is 0.224. The van der Waals surface area contributed by atoms with Gasteiger partial charge < -0.3 is 33.6 Å². The molecule has 0 atom stereocenters. The van der Waals surface area contributed by atoms with E-state index in [1.54, 1.807) is 12.1 Å². The van der Waals surface area contributed by atoms with E-state index in [0.717, 1.165) is 0 Å². The van der Waals surface area contributed by atoms with Crippen LogP contribution in [0.2, 0.25) is 0 Å². The molecule has 2 aromatic carbocycles. The molecule has 0 aliphatic rings. The molecule has 0 aliphatic heterocycles. The number of alkyl halides is 2. The predicted octanol–water partition coefficient (Wildman–Crippen LogP) is -0.0689. The summed E-state index contributed by atoms with van der Waals surface area (Å²) in [5.74, 6) is -1.97. The molecule has 162 valence electrons. The number of phosphoric acid groups is 1. The van der Waals surface area contributed by atoms with Crippen LogP contribution in [-0.2, 0) is 16.9 Å². The Bertz CT molecular complexity index is 809. The monoisotopic (exact) mass is 458 g/mol. The van der Waals surface area contributed by atoms with Crippen molar-refractivity contribution in [3.8, 4) is 23.0 Å². The molecule has 0 bridgehead atoms. The maximum atomic E-state index is 14.7. The van der Waals surface area contributed by atoms with Crippen LogP contribution in [0.1, 0.15) is 11.1 Å². The first-order valence-corrected chi connectivity index (χ1v) is 9.53. The van der Waals surface area contributed by atoms with Crippen molar-refractivity contribution in [1.82, 2.24) is 0 Å². The quantitative estimate of drug-likeness (QED) is 0.300. The molecule has 0 aliphatic carbocycles. The summed E-state index contributed by atoms with van der Waals surface area (Å²) in [6, 6.07) is 9.99. The van der Waals surface area contributed by atoms with Crippen LogP contribution in [0.15, 0.2) is 30.3 Å². The zero-order chi connectivity index (χ0) is 22.2. The minimum Gasteiger partial charge on any atom is -0.523 e. The van der Waals surface area contributed by atoms with Gasteiger partial charge in [-0.15, -0.1) is 17.7 Å². The predicted molar refractivity (Wildman–Crippen MR) is 99.8 cm³/mol. The van der Waals surface area contributed by atoms with Gasteiger partial charge in [0.05, 0.1) is 28.4 Å². The zero-order valence-corrected chi connectivity index (χ0v) is 20.1. The third-order valence-electron chi connectivity index (χ3n) is 3.58. The number of hydrogen-bond donors (Lipinski definition) is 3. The second-order valence-corrected chi connectivity index (χ2v) is 6.60. The van der Waals surface area contributed by atoms with Crippen molar-refractivity contribution in [2.45, 2.75) is 12.3 Å². The van der Waals surface area contributed by atoms with Crippen molar-refractivity contribution in [3.63, 3.8) is 0 Å². The van der Waals surface area contributed by atoms with Crippen molar-refractivity contribution in [3.05, 3.63) is 47.5 Å². The van der Waals surface area contributed by atoms with E-state index in [0.29, 0.717) is 11.3 Å². The minimum atomic E-state index is -4.64. The van der Waals surface area contributed by atoms with Crippen molar-refractivity contribution < 1.29 is 76.5 Å². The number of ether oxygens (including phenoxy) is 4. The summed E-state index contributed by atoms with van der Waals surface area (Å²) in [5, 5.41) is 0. The Hall–Kier alpha value is -1.39. The average molecular weight is 458 g/mol. The third-order valence-corrected chi connectivity index (χ3v) is 3.58. The third kappa shape index (κ3) is 9.18. The van der Waals surface area contributed by atoms with Gasteiger partial charge in [0.15, 0.2) is 11.5 Å². The Morgan fingerprint density at radius 2 is 1.47 bits per heavy atom. The second kappa shape index (κ2) is 12.5. The summed E-state index contributed by atoms with van der Waals surface area (Å²) < 4.78 is 58.7. The SMILES string of the molecule is COc1[c-]cc(CC(F)(F)c2cc(OC)c(OC)c(OC)c2)cc1.O=P(O)(O)O.[Na+]. The van der Waals surface area contributed by atoms with E-state index in [-0.39, 0.29) is 52.4 Å². The van der Waals surface area contributed by atoms with Gasteiger partial charge in [-0.1, -0.05) is 0 Å². The fraction of sp³-hybridized carbons (Fsp3) is 0.333. The van der Waals surface area contributed by atoms with Gasteiger partial charge in [0.2, 0.25) is 5.75 Å². The molecule has 2 aromatic rings. The van der Waals surface area contributed by atoms with Crippen LogP contribution in [0.5, 0.6) is 23.0 Å². The van der Waals surface area contributed by atoms with E-state index in [1.807, 2.05) is 0 Å². The van der Waals surface area contributed by atoms with Gasteiger partial charge in [0, 0.05) is 11.3 Å². The molecule has 0 radical (unpaired) electrons. The van der Waals surface area contributed by atoms with Crippen LogP contribution in [0.3, 0.4) is 0 Å². The van der Waals surface area contributed by atoms with Crippen molar-refractivity contribution in [1.29, 1.82) is 0 Å². The Morgan fingerprint density at radius 3 is 1.80 bits per heavy atom. The Balaban J connectivity index is 0.00000125. The molecule has 0 saturated heterocycles. The van der Waals surface area contributed by atoms with Crippen LogP contribution in [0, 0.1) is 6.07 Å². The molecule has 0 amide bonds. The Morgan fingerprint density at radius 1 is 0.967 bits per heavy atom. The van der Waals surface area contributed by atoms with Crippen LogP contribution < -0.4 is 48.5 Å². The van der Waals surface area contributed by atoms with Crippen LogP contribution in [0.25, 0.3) is 0 Å². The number of halogens is 2.